The Morgan fingerprint density at radius 1 is 1.26 bits per heavy atom. The van der Waals surface area contributed by atoms with Crippen LogP contribution in [0.15, 0.2) is 23.1 Å². The Kier molecular flexibility index (Phi) is 9.48. The number of carbonyl (C=O) groups excluding carboxylic acids is 1. The number of amides is 1. The van der Waals surface area contributed by atoms with Crippen LogP contribution in [0.4, 0.5) is 0 Å². The highest BCUT2D eigenvalue weighted by Gasteiger charge is 2.17. The number of piperazine rings is 1. The van der Waals surface area contributed by atoms with Gasteiger partial charge in [0.1, 0.15) is 11.0 Å². The van der Waals surface area contributed by atoms with E-state index < -0.39 is 11.0 Å². The second-order valence-electron chi connectivity index (χ2n) is 6.75. The fourth-order valence-corrected chi connectivity index (χ4v) is 4.42. The molecule has 152 valence electrons. The maximum absolute atomic E-state index is 12.5. The summed E-state index contributed by atoms with van der Waals surface area (Å²) in [5.41, 5.74) is 0. The normalized spacial score (nSPS) is 17.2. The van der Waals surface area contributed by atoms with Crippen LogP contribution >= 0.6 is 23.2 Å². The quantitative estimate of drug-likeness (QED) is 0.604. The van der Waals surface area contributed by atoms with Gasteiger partial charge < -0.3 is 15.1 Å². The number of benzene rings is 1. The Bertz CT molecular complexity index is 654. The minimum atomic E-state index is -1.45. The number of nitrogens with zero attached hydrogens (tertiary/aromatic N) is 3. The first-order chi connectivity index (χ1) is 12.9. The highest BCUT2D eigenvalue weighted by Crippen LogP contribution is 2.28. The third-order valence-electron chi connectivity index (χ3n) is 4.61. The van der Waals surface area contributed by atoms with Crippen LogP contribution in [0.25, 0.3) is 0 Å². The summed E-state index contributed by atoms with van der Waals surface area (Å²) in [4.78, 5) is 17.2. The van der Waals surface area contributed by atoms with Crippen LogP contribution in [-0.4, -0.2) is 84.1 Å². The lowest BCUT2D eigenvalue weighted by Gasteiger charge is -2.32. The van der Waals surface area contributed by atoms with E-state index in [-0.39, 0.29) is 17.4 Å². The van der Waals surface area contributed by atoms with Gasteiger partial charge in [0, 0.05) is 52.7 Å². The van der Waals surface area contributed by atoms with Crippen LogP contribution < -0.4 is 5.32 Å². The first-order valence-corrected chi connectivity index (χ1v) is 11.0. The standard InChI is InChI=1S/C18H28Cl2N4O2S/c1-22-11-13-24(14-12-22)9-4-8-21-17(25)7-10-23(2)27(26)16-6-3-5-15(19)18(16)20/h3,5-6H,4,7-14H2,1-2H3,(H,21,25). The maximum Gasteiger partial charge on any atom is 0.221 e. The van der Waals surface area contributed by atoms with Crippen molar-refractivity contribution in [1.29, 1.82) is 0 Å². The van der Waals surface area contributed by atoms with E-state index in [2.05, 4.69) is 22.2 Å². The molecule has 27 heavy (non-hydrogen) atoms. The highest BCUT2D eigenvalue weighted by atomic mass is 35.5. The number of rotatable bonds is 9. The zero-order chi connectivity index (χ0) is 19.8. The van der Waals surface area contributed by atoms with Crippen molar-refractivity contribution >= 4 is 40.1 Å². The minimum Gasteiger partial charge on any atom is -0.356 e. The van der Waals surface area contributed by atoms with E-state index in [0.717, 1.165) is 39.1 Å². The molecular formula is C18H28Cl2N4O2S. The Balaban J connectivity index is 1.64. The Labute approximate surface area is 174 Å². The van der Waals surface area contributed by atoms with E-state index >= 15 is 0 Å². The number of nitrogens with one attached hydrogen (secondary N) is 1. The molecule has 1 heterocycles. The van der Waals surface area contributed by atoms with Crippen molar-refractivity contribution in [2.45, 2.75) is 17.7 Å². The topological polar surface area (TPSA) is 55.9 Å². The van der Waals surface area contributed by atoms with Gasteiger partial charge >= 0.3 is 0 Å². The van der Waals surface area contributed by atoms with Gasteiger partial charge in [0.15, 0.2) is 0 Å². The summed E-state index contributed by atoms with van der Waals surface area (Å²) in [5.74, 6) is -0.0329. The van der Waals surface area contributed by atoms with E-state index in [9.17, 15) is 9.00 Å². The smallest absolute Gasteiger partial charge is 0.221 e. The van der Waals surface area contributed by atoms with Crippen LogP contribution in [-0.2, 0) is 15.8 Å². The SMILES string of the molecule is CN1CCN(CCCNC(=O)CCN(C)S(=O)c2cccc(Cl)c2Cl)CC1. The molecule has 1 amide bonds. The average molecular weight is 435 g/mol. The fourth-order valence-electron chi connectivity index (χ4n) is 2.82. The van der Waals surface area contributed by atoms with Crippen molar-refractivity contribution in [1.82, 2.24) is 19.4 Å². The second-order valence-corrected chi connectivity index (χ2v) is 9.10. The lowest BCUT2D eigenvalue weighted by Crippen LogP contribution is -2.45. The summed E-state index contributed by atoms with van der Waals surface area (Å²) in [6, 6.07) is 5.04. The van der Waals surface area contributed by atoms with E-state index in [4.69, 9.17) is 23.2 Å². The number of halogens is 2. The van der Waals surface area contributed by atoms with Gasteiger partial charge in [-0.1, -0.05) is 29.3 Å². The monoisotopic (exact) mass is 434 g/mol. The van der Waals surface area contributed by atoms with E-state index in [0.29, 0.717) is 23.0 Å². The van der Waals surface area contributed by atoms with Crippen molar-refractivity contribution in [3.63, 3.8) is 0 Å². The van der Waals surface area contributed by atoms with E-state index in [1.165, 1.54) is 0 Å². The molecule has 2 rings (SSSR count). The molecule has 1 aromatic carbocycles. The summed E-state index contributed by atoms with van der Waals surface area (Å²) < 4.78 is 14.1. The van der Waals surface area contributed by atoms with Gasteiger partial charge in [-0.05, 0) is 32.1 Å². The van der Waals surface area contributed by atoms with Gasteiger partial charge in [-0.25, -0.2) is 8.51 Å². The van der Waals surface area contributed by atoms with Crippen LogP contribution in [0.1, 0.15) is 12.8 Å². The minimum absolute atomic E-state index is 0.0329. The van der Waals surface area contributed by atoms with Crippen LogP contribution in [0.3, 0.4) is 0 Å². The first-order valence-electron chi connectivity index (χ1n) is 9.13. The molecule has 1 fully saturated rings. The first kappa shape index (κ1) is 22.6. The molecule has 0 saturated carbocycles. The molecule has 1 N–H and O–H groups in total. The average Bonchev–Trinajstić information content (AvgIpc) is 2.66. The maximum atomic E-state index is 12.5. The molecule has 1 unspecified atom stereocenters. The summed E-state index contributed by atoms with van der Waals surface area (Å²) in [6.45, 7) is 6.43. The third-order valence-corrected chi connectivity index (χ3v) is 7.01. The summed E-state index contributed by atoms with van der Waals surface area (Å²) in [6.07, 6.45) is 1.23. The summed E-state index contributed by atoms with van der Waals surface area (Å²) in [5, 5.41) is 3.60. The molecule has 6 nitrogen and oxygen atoms in total. The summed E-state index contributed by atoms with van der Waals surface area (Å²) >= 11 is 12.1. The second kappa shape index (κ2) is 11.3. The molecule has 1 aliphatic rings. The molecule has 1 aromatic rings. The Morgan fingerprint density at radius 2 is 1.96 bits per heavy atom. The van der Waals surface area contributed by atoms with Gasteiger partial charge in [-0.2, -0.15) is 0 Å². The zero-order valence-electron chi connectivity index (χ0n) is 15.9. The molecular weight excluding hydrogens is 407 g/mol. The van der Waals surface area contributed by atoms with Gasteiger partial charge in [-0.3, -0.25) is 4.79 Å². The van der Waals surface area contributed by atoms with Crippen LogP contribution in [0.2, 0.25) is 10.0 Å². The van der Waals surface area contributed by atoms with Gasteiger partial charge in [-0.15, -0.1) is 0 Å². The Morgan fingerprint density at radius 3 is 2.67 bits per heavy atom. The molecule has 1 aliphatic heterocycles. The number of carbonyl (C=O) groups is 1. The summed E-state index contributed by atoms with van der Waals surface area (Å²) in [7, 11) is 2.39. The molecule has 1 saturated heterocycles. The van der Waals surface area contributed by atoms with Crippen LogP contribution in [0, 0.1) is 0 Å². The number of likely N-dealkylation sites (N-methyl/N-ethyl adjacent to an activating group) is 1. The third kappa shape index (κ3) is 7.33. The lowest BCUT2D eigenvalue weighted by atomic mass is 10.3. The fraction of sp³-hybridized carbons (Fsp3) is 0.611. The molecule has 0 spiro atoms. The van der Waals surface area contributed by atoms with Crippen molar-refractivity contribution in [2.24, 2.45) is 0 Å². The van der Waals surface area contributed by atoms with Crippen molar-refractivity contribution in [3.8, 4) is 0 Å². The van der Waals surface area contributed by atoms with Crippen molar-refractivity contribution < 1.29 is 9.00 Å². The molecule has 0 bridgehead atoms. The molecule has 1 atom stereocenters. The predicted molar refractivity (Wildman–Crippen MR) is 112 cm³/mol. The van der Waals surface area contributed by atoms with E-state index in [1.807, 2.05) is 0 Å². The van der Waals surface area contributed by atoms with Gasteiger partial charge in [0.05, 0.1) is 14.9 Å². The van der Waals surface area contributed by atoms with E-state index in [1.54, 1.807) is 29.6 Å². The highest BCUT2D eigenvalue weighted by molar-refractivity contribution is 7.82. The number of hydrogen-bond donors (Lipinski definition) is 1. The van der Waals surface area contributed by atoms with Crippen molar-refractivity contribution in [3.05, 3.63) is 28.2 Å². The Hall–Kier alpha value is -0.700. The lowest BCUT2D eigenvalue weighted by molar-refractivity contribution is -0.121. The molecule has 0 aromatic heterocycles. The molecule has 9 heteroatoms. The largest absolute Gasteiger partial charge is 0.356 e. The van der Waals surface area contributed by atoms with Crippen molar-refractivity contribution in [2.75, 3.05) is 59.9 Å². The van der Waals surface area contributed by atoms with Crippen LogP contribution in [0.5, 0.6) is 0 Å². The number of hydrogen-bond acceptors (Lipinski definition) is 4. The molecule has 0 aliphatic carbocycles. The molecule has 0 radical (unpaired) electrons. The van der Waals surface area contributed by atoms with Gasteiger partial charge in [0.2, 0.25) is 5.91 Å². The zero-order valence-corrected chi connectivity index (χ0v) is 18.2. The van der Waals surface area contributed by atoms with Gasteiger partial charge in [0.25, 0.3) is 0 Å². The predicted octanol–water partition coefficient (Wildman–Crippen LogP) is 2.09.